The lowest BCUT2D eigenvalue weighted by Gasteiger charge is -2.29. The fourth-order valence-corrected chi connectivity index (χ4v) is 5.49. The number of hydrogen-bond donors (Lipinski definition) is 3. The fraction of sp³-hybridized carbons (Fsp3) is 0.391. The number of thioether (sulfide) groups is 1. The first-order valence-electron chi connectivity index (χ1n) is 10.3. The molecule has 0 radical (unpaired) electrons. The maximum Gasteiger partial charge on any atom is 0.250 e. The van der Waals surface area contributed by atoms with Crippen LogP contribution < -0.4 is 25.4 Å². The monoisotopic (exact) mass is 519 g/mol. The lowest BCUT2D eigenvalue weighted by Crippen LogP contribution is -2.52. The second kappa shape index (κ2) is 9.33. The number of ether oxygens (including phenoxy) is 2. The molecule has 170 valence electrons. The molecule has 2 amide bonds. The molecule has 2 aliphatic rings. The Morgan fingerprint density at radius 3 is 2.78 bits per heavy atom. The fourth-order valence-electron chi connectivity index (χ4n) is 4.61. The minimum absolute atomic E-state index is 0.0427. The van der Waals surface area contributed by atoms with Crippen LogP contribution in [0.1, 0.15) is 18.4 Å². The number of rotatable bonds is 7. The van der Waals surface area contributed by atoms with Gasteiger partial charge in [0.2, 0.25) is 11.8 Å². The van der Waals surface area contributed by atoms with Crippen LogP contribution in [0.5, 0.6) is 11.5 Å². The zero-order valence-corrected chi connectivity index (χ0v) is 20.6. The summed E-state index contributed by atoms with van der Waals surface area (Å²) in [7, 11) is 3.12. The molecule has 1 saturated heterocycles. The highest BCUT2D eigenvalue weighted by Gasteiger charge is 2.60. The molecule has 9 heteroatoms. The van der Waals surface area contributed by atoms with Gasteiger partial charge in [-0.05, 0) is 55.2 Å². The van der Waals surface area contributed by atoms with E-state index in [2.05, 4.69) is 38.1 Å². The van der Waals surface area contributed by atoms with Gasteiger partial charge in [-0.1, -0.05) is 15.9 Å². The average Bonchev–Trinajstić information content (AvgIpc) is 3.31. The number of anilines is 2. The van der Waals surface area contributed by atoms with Crippen molar-refractivity contribution in [3.05, 3.63) is 46.4 Å². The maximum absolute atomic E-state index is 13.7. The van der Waals surface area contributed by atoms with Crippen LogP contribution in [0.25, 0.3) is 0 Å². The molecule has 0 aromatic heterocycles. The molecule has 2 heterocycles. The van der Waals surface area contributed by atoms with Gasteiger partial charge >= 0.3 is 0 Å². The van der Waals surface area contributed by atoms with E-state index in [1.165, 1.54) is 0 Å². The van der Waals surface area contributed by atoms with Crippen molar-refractivity contribution in [1.29, 1.82) is 0 Å². The lowest BCUT2D eigenvalue weighted by molar-refractivity contribution is -0.130. The lowest BCUT2D eigenvalue weighted by atomic mass is 9.79. The Morgan fingerprint density at radius 2 is 2.06 bits per heavy atom. The van der Waals surface area contributed by atoms with Crippen molar-refractivity contribution in [2.24, 2.45) is 5.92 Å². The van der Waals surface area contributed by atoms with E-state index in [1.807, 2.05) is 18.2 Å². The van der Waals surface area contributed by atoms with Crippen LogP contribution in [0.4, 0.5) is 11.4 Å². The van der Waals surface area contributed by atoms with Gasteiger partial charge in [-0.25, -0.2) is 0 Å². The average molecular weight is 520 g/mol. The first kappa shape index (κ1) is 22.9. The predicted molar refractivity (Wildman–Crippen MR) is 131 cm³/mol. The van der Waals surface area contributed by atoms with Crippen molar-refractivity contribution in [1.82, 2.24) is 5.32 Å². The van der Waals surface area contributed by atoms with Crippen molar-refractivity contribution in [3.8, 4) is 11.5 Å². The normalized spacial score (nSPS) is 23.7. The molecule has 32 heavy (non-hydrogen) atoms. The van der Waals surface area contributed by atoms with E-state index in [0.717, 1.165) is 27.9 Å². The van der Waals surface area contributed by atoms with Gasteiger partial charge in [0.25, 0.3) is 0 Å². The van der Waals surface area contributed by atoms with Crippen LogP contribution in [0, 0.1) is 5.92 Å². The molecule has 3 atom stereocenters. The van der Waals surface area contributed by atoms with Gasteiger partial charge in [0.15, 0.2) is 0 Å². The summed E-state index contributed by atoms with van der Waals surface area (Å²) in [5.74, 6) is 1.04. The molecular formula is C23H26BrN3O4S. The molecule has 4 rings (SSSR count). The topological polar surface area (TPSA) is 88.7 Å². The number of carbonyl (C=O) groups is 2. The van der Waals surface area contributed by atoms with Crippen molar-refractivity contribution < 1.29 is 19.1 Å². The van der Waals surface area contributed by atoms with Crippen molar-refractivity contribution >= 4 is 50.9 Å². The summed E-state index contributed by atoms with van der Waals surface area (Å²) in [5.41, 5.74) is 0.903. The molecule has 2 aliphatic heterocycles. The SMILES string of the molecule is COc1ccc(OC)c(NC(=O)C2CC(CCSC)NC23C(=O)Nc2ccc(Br)cc23)c1. The molecule has 0 saturated carbocycles. The van der Waals surface area contributed by atoms with E-state index in [-0.39, 0.29) is 17.9 Å². The molecule has 1 fully saturated rings. The van der Waals surface area contributed by atoms with Crippen LogP contribution in [0.15, 0.2) is 40.9 Å². The number of benzene rings is 2. The molecule has 1 spiro atoms. The third kappa shape index (κ3) is 3.97. The highest BCUT2D eigenvalue weighted by Crippen LogP contribution is 2.48. The zero-order valence-electron chi connectivity index (χ0n) is 18.2. The summed E-state index contributed by atoms with van der Waals surface area (Å²) in [6.07, 6.45) is 3.47. The third-order valence-electron chi connectivity index (χ3n) is 6.14. The Balaban J connectivity index is 1.72. The van der Waals surface area contributed by atoms with Gasteiger partial charge in [0.05, 0.1) is 25.8 Å². The number of nitrogens with one attached hydrogen (secondary N) is 3. The first-order valence-corrected chi connectivity index (χ1v) is 12.5. The van der Waals surface area contributed by atoms with E-state index in [9.17, 15) is 9.59 Å². The Morgan fingerprint density at radius 1 is 1.25 bits per heavy atom. The second-order valence-electron chi connectivity index (χ2n) is 7.92. The van der Waals surface area contributed by atoms with Crippen molar-refractivity contribution in [2.75, 3.05) is 36.9 Å². The molecule has 2 aromatic rings. The third-order valence-corrected chi connectivity index (χ3v) is 7.28. The Hall–Kier alpha value is -2.23. The first-order chi connectivity index (χ1) is 15.4. The van der Waals surface area contributed by atoms with E-state index >= 15 is 0 Å². The van der Waals surface area contributed by atoms with E-state index in [1.54, 1.807) is 44.2 Å². The predicted octanol–water partition coefficient (Wildman–Crippen LogP) is 3.98. The molecule has 7 nitrogen and oxygen atoms in total. The molecule has 2 aromatic carbocycles. The molecule has 3 N–H and O–H groups in total. The largest absolute Gasteiger partial charge is 0.497 e. The van der Waals surface area contributed by atoms with Gasteiger partial charge in [-0.2, -0.15) is 11.8 Å². The molecule has 0 bridgehead atoms. The van der Waals surface area contributed by atoms with Gasteiger partial charge < -0.3 is 20.1 Å². The minimum atomic E-state index is -1.13. The number of halogens is 1. The minimum Gasteiger partial charge on any atom is -0.497 e. The number of fused-ring (bicyclic) bond motifs is 2. The van der Waals surface area contributed by atoms with Gasteiger partial charge in [0, 0.05) is 27.8 Å². The zero-order chi connectivity index (χ0) is 22.9. The number of carbonyl (C=O) groups excluding carboxylic acids is 2. The van der Waals surface area contributed by atoms with Crippen LogP contribution in [0.2, 0.25) is 0 Å². The molecular weight excluding hydrogens is 494 g/mol. The highest BCUT2D eigenvalue weighted by molar-refractivity contribution is 9.10. The van der Waals surface area contributed by atoms with E-state index in [4.69, 9.17) is 9.47 Å². The summed E-state index contributed by atoms with van der Waals surface area (Å²) in [6, 6.07) is 10.9. The Bertz CT molecular complexity index is 1050. The summed E-state index contributed by atoms with van der Waals surface area (Å²) in [5, 5.41) is 9.50. The van der Waals surface area contributed by atoms with Crippen LogP contribution in [-0.2, 0) is 15.1 Å². The Kier molecular flexibility index (Phi) is 6.69. The second-order valence-corrected chi connectivity index (χ2v) is 9.82. The van der Waals surface area contributed by atoms with Crippen LogP contribution >= 0.6 is 27.7 Å². The van der Waals surface area contributed by atoms with Crippen molar-refractivity contribution in [2.45, 2.75) is 24.4 Å². The quantitative estimate of drug-likeness (QED) is 0.512. The standard InChI is InChI=1S/C23H26BrN3O4S/c1-30-15-5-7-20(31-2)19(12-15)25-21(28)17-11-14(8-9-32-3)27-23(17)16-10-13(24)4-6-18(16)26-22(23)29/h4-7,10,12,14,17,27H,8-9,11H2,1-3H3,(H,25,28)(H,26,29). The number of hydrogen-bond acceptors (Lipinski definition) is 6. The van der Waals surface area contributed by atoms with Gasteiger partial charge in [0.1, 0.15) is 17.0 Å². The number of amides is 2. The van der Waals surface area contributed by atoms with Gasteiger partial charge in [-0.3, -0.25) is 14.9 Å². The molecule has 3 unspecified atom stereocenters. The summed E-state index contributed by atoms with van der Waals surface area (Å²) in [6.45, 7) is 0. The maximum atomic E-state index is 13.7. The smallest absolute Gasteiger partial charge is 0.250 e. The summed E-state index contributed by atoms with van der Waals surface area (Å²) in [4.78, 5) is 27.0. The van der Waals surface area contributed by atoms with Crippen LogP contribution in [-0.4, -0.2) is 44.1 Å². The van der Waals surface area contributed by atoms with Gasteiger partial charge in [-0.15, -0.1) is 0 Å². The summed E-state index contributed by atoms with van der Waals surface area (Å²) >= 11 is 5.27. The molecule has 0 aliphatic carbocycles. The highest BCUT2D eigenvalue weighted by atomic mass is 79.9. The van der Waals surface area contributed by atoms with E-state index in [0.29, 0.717) is 23.6 Å². The van der Waals surface area contributed by atoms with Crippen LogP contribution in [0.3, 0.4) is 0 Å². The Labute approximate surface area is 200 Å². The van der Waals surface area contributed by atoms with E-state index < -0.39 is 11.5 Å². The number of methoxy groups -OCH3 is 2. The summed E-state index contributed by atoms with van der Waals surface area (Å²) < 4.78 is 11.6. The van der Waals surface area contributed by atoms with Crippen molar-refractivity contribution in [3.63, 3.8) is 0 Å².